The summed E-state index contributed by atoms with van der Waals surface area (Å²) in [5, 5.41) is 0. The Morgan fingerprint density at radius 2 is 1.80 bits per heavy atom. The van der Waals surface area contributed by atoms with Crippen LogP contribution in [0.25, 0.3) is 0 Å². The summed E-state index contributed by atoms with van der Waals surface area (Å²) in [6, 6.07) is 3.60. The fourth-order valence-corrected chi connectivity index (χ4v) is 2.00. The first-order chi connectivity index (χ1) is 6.97. The molecule has 1 aromatic rings. The Morgan fingerprint density at radius 3 is 2.27 bits per heavy atom. The van der Waals surface area contributed by atoms with E-state index in [0.29, 0.717) is 16.9 Å². The fraction of sp³-hybridized carbons (Fsp3) is 0.455. The van der Waals surface area contributed by atoms with Crippen LogP contribution >= 0.6 is 15.9 Å². The zero-order chi connectivity index (χ0) is 11.4. The maximum Gasteiger partial charge on any atom is 0.126 e. The van der Waals surface area contributed by atoms with E-state index >= 15 is 0 Å². The summed E-state index contributed by atoms with van der Waals surface area (Å²) < 4.78 is 25.7. The summed E-state index contributed by atoms with van der Waals surface area (Å²) in [7, 11) is 1.92. The second-order valence-corrected chi connectivity index (χ2v) is 5.32. The lowest BCUT2D eigenvalue weighted by Crippen LogP contribution is -2.24. The van der Waals surface area contributed by atoms with Gasteiger partial charge < -0.3 is 4.90 Å². The van der Waals surface area contributed by atoms with Crippen LogP contribution in [0.3, 0.4) is 0 Å². The highest BCUT2D eigenvalue weighted by atomic mass is 79.9. The highest BCUT2D eigenvalue weighted by molar-refractivity contribution is 9.09. The second kappa shape index (κ2) is 5.56. The normalized spacial score (nSPS) is 13.2. The molecule has 1 rings (SSSR count). The van der Waals surface area contributed by atoms with Crippen LogP contribution in [0.15, 0.2) is 18.2 Å². The Labute approximate surface area is 97.2 Å². The average molecular weight is 278 g/mol. The number of benzene rings is 1. The standard InChI is InChI=1S/C11H14BrF2N/c1-8(12)6-15(2)7-9-3-10(13)5-11(14)4-9/h3-5,8H,6-7H2,1-2H3. The van der Waals surface area contributed by atoms with Crippen molar-refractivity contribution in [3.63, 3.8) is 0 Å². The highest BCUT2D eigenvalue weighted by Crippen LogP contribution is 2.11. The molecule has 1 nitrogen and oxygen atoms in total. The summed E-state index contributed by atoms with van der Waals surface area (Å²) in [5.74, 6) is -1.05. The van der Waals surface area contributed by atoms with Crippen molar-refractivity contribution < 1.29 is 8.78 Å². The summed E-state index contributed by atoms with van der Waals surface area (Å²) in [6.07, 6.45) is 0. The molecule has 0 spiro atoms. The molecule has 1 unspecified atom stereocenters. The van der Waals surface area contributed by atoms with Gasteiger partial charge in [-0.2, -0.15) is 0 Å². The van der Waals surface area contributed by atoms with Crippen LogP contribution in [0.1, 0.15) is 12.5 Å². The number of halogens is 3. The van der Waals surface area contributed by atoms with Crippen molar-refractivity contribution in [1.29, 1.82) is 0 Å². The SMILES string of the molecule is CC(Br)CN(C)Cc1cc(F)cc(F)c1. The fourth-order valence-electron chi connectivity index (χ4n) is 1.51. The van der Waals surface area contributed by atoms with Crippen LogP contribution in [-0.2, 0) is 6.54 Å². The largest absolute Gasteiger partial charge is 0.301 e. The van der Waals surface area contributed by atoms with Crippen LogP contribution in [0, 0.1) is 11.6 Å². The molecule has 0 amide bonds. The molecule has 1 aromatic carbocycles. The molecule has 0 saturated carbocycles. The van der Waals surface area contributed by atoms with E-state index in [1.54, 1.807) is 0 Å². The first-order valence-corrected chi connectivity index (χ1v) is 5.66. The van der Waals surface area contributed by atoms with Gasteiger partial charge in [0.1, 0.15) is 11.6 Å². The molecule has 0 fully saturated rings. The van der Waals surface area contributed by atoms with E-state index < -0.39 is 11.6 Å². The maximum absolute atomic E-state index is 12.9. The van der Waals surface area contributed by atoms with Gasteiger partial charge in [-0.05, 0) is 24.7 Å². The van der Waals surface area contributed by atoms with Gasteiger partial charge in [-0.1, -0.05) is 22.9 Å². The highest BCUT2D eigenvalue weighted by Gasteiger charge is 2.06. The van der Waals surface area contributed by atoms with Crippen molar-refractivity contribution >= 4 is 15.9 Å². The summed E-state index contributed by atoms with van der Waals surface area (Å²) in [6.45, 7) is 3.41. The number of hydrogen-bond acceptors (Lipinski definition) is 1. The van der Waals surface area contributed by atoms with Gasteiger partial charge in [0, 0.05) is 24.0 Å². The van der Waals surface area contributed by atoms with Gasteiger partial charge in [-0.15, -0.1) is 0 Å². The van der Waals surface area contributed by atoms with Gasteiger partial charge in [-0.3, -0.25) is 0 Å². The quantitative estimate of drug-likeness (QED) is 0.765. The molecule has 0 radical (unpaired) electrons. The Bertz CT molecular complexity index is 308. The third-order valence-electron chi connectivity index (χ3n) is 1.94. The van der Waals surface area contributed by atoms with E-state index in [0.717, 1.165) is 12.6 Å². The van der Waals surface area contributed by atoms with Crippen LogP contribution in [0.4, 0.5) is 8.78 Å². The van der Waals surface area contributed by atoms with Crippen LogP contribution < -0.4 is 0 Å². The van der Waals surface area contributed by atoms with Crippen molar-refractivity contribution in [2.75, 3.05) is 13.6 Å². The maximum atomic E-state index is 12.9. The number of nitrogens with zero attached hydrogens (tertiary/aromatic N) is 1. The molecule has 15 heavy (non-hydrogen) atoms. The minimum absolute atomic E-state index is 0.362. The molecule has 0 aliphatic carbocycles. The van der Waals surface area contributed by atoms with E-state index in [1.807, 2.05) is 18.9 Å². The number of alkyl halides is 1. The molecule has 84 valence electrons. The Kier molecular flexibility index (Phi) is 4.67. The molecule has 0 aromatic heterocycles. The topological polar surface area (TPSA) is 3.24 Å². The molecule has 0 aliphatic heterocycles. The summed E-state index contributed by atoms with van der Waals surface area (Å²) >= 11 is 3.43. The zero-order valence-corrected chi connectivity index (χ0v) is 10.4. The molecule has 4 heteroatoms. The van der Waals surface area contributed by atoms with Crippen LogP contribution in [0.2, 0.25) is 0 Å². The molecular formula is C11H14BrF2N. The predicted octanol–water partition coefficient (Wildman–Crippen LogP) is 3.18. The third-order valence-corrected chi connectivity index (χ3v) is 2.23. The van der Waals surface area contributed by atoms with Gasteiger partial charge in [0.2, 0.25) is 0 Å². The lowest BCUT2D eigenvalue weighted by Gasteiger charge is -2.18. The molecule has 1 atom stereocenters. The van der Waals surface area contributed by atoms with E-state index in [-0.39, 0.29) is 0 Å². The van der Waals surface area contributed by atoms with Crippen molar-refractivity contribution in [1.82, 2.24) is 4.90 Å². The van der Waals surface area contributed by atoms with E-state index in [1.165, 1.54) is 12.1 Å². The lowest BCUT2D eigenvalue weighted by molar-refractivity contribution is 0.331. The molecule has 0 heterocycles. The van der Waals surface area contributed by atoms with Gasteiger partial charge in [0.15, 0.2) is 0 Å². The first-order valence-electron chi connectivity index (χ1n) is 4.75. The molecule has 0 bridgehead atoms. The minimum atomic E-state index is -0.523. The zero-order valence-electron chi connectivity index (χ0n) is 8.80. The Morgan fingerprint density at radius 1 is 1.27 bits per heavy atom. The third kappa shape index (κ3) is 4.71. The van der Waals surface area contributed by atoms with Gasteiger partial charge in [0.25, 0.3) is 0 Å². The smallest absolute Gasteiger partial charge is 0.126 e. The molecular weight excluding hydrogens is 264 g/mol. The molecule has 0 saturated heterocycles. The summed E-state index contributed by atoms with van der Waals surface area (Å²) in [4.78, 5) is 2.37. The Balaban J connectivity index is 2.63. The van der Waals surface area contributed by atoms with Crippen molar-refractivity contribution in [3.05, 3.63) is 35.4 Å². The number of hydrogen-bond donors (Lipinski definition) is 0. The van der Waals surface area contributed by atoms with Crippen molar-refractivity contribution in [3.8, 4) is 0 Å². The van der Waals surface area contributed by atoms with E-state index in [4.69, 9.17) is 0 Å². The van der Waals surface area contributed by atoms with Crippen LogP contribution in [-0.4, -0.2) is 23.3 Å². The molecule has 0 N–H and O–H groups in total. The van der Waals surface area contributed by atoms with E-state index in [9.17, 15) is 8.78 Å². The monoisotopic (exact) mass is 277 g/mol. The Hall–Kier alpha value is -0.480. The van der Waals surface area contributed by atoms with Crippen molar-refractivity contribution in [2.45, 2.75) is 18.3 Å². The predicted molar refractivity (Wildman–Crippen MR) is 61.1 cm³/mol. The van der Waals surface area contributed by atoms with Crippen molar-refractivity contribution in [2.24, 2.45) is 0 Å². The first kappa shape index (κ1) is 12.6. The second-order valence-electron chi connectivity index (χ2n) is 3.76. The minimum Gasteiger partial charge on any atom is -0.301 e. The van der Waals surface area contributed by atoms with Crippen LogP contribution in [0.5, 0.6) is 0 Å². The molecule has 0 aliphatic rings. The van der Waals surface area contributed by atoms with Gasteiger partial charge >= 0.3 is 0 Å². The summed E-state index contributed by atoms with van der Waals surface area (Å²) in [5.41, 5.74) is 0.656. The van der Waals surface area contributed by atoms with E-state index in [2.05, 4.69) is 15.9 Å². The van der Waals surface area contributed by atoms with Gasteiger partial charge in [0.05, 0.1) is 0 Å². The average Bonchev–Trinajstić information content (AvgIpc) is 1.98. The van der Waals surface area contributed by atoms with Gasteiger partial charge in [-0.25, -0.2) is 8.78 Å². The lowest BCUT2D eigenvalue weighted by atomic mass is 10.2. The number of rotatable bonds is 4.